The number of aryl methyl sites for hydroxylation is 1. The summed E-state index contributed by atoms with van der Waals surface area (Å²) in [7, 11) is 0. The summed E-state index contributed by atoms with van der Waals surface area (Å²) in [5.74, 6) is -0.350. The molecule has 2 amide bonds. The molecule has 0 bridgehead atoms. The molecule has 4 heterocycles. The molecule has 0 radical (unpaired) electrons. The van der Waals surface area contributed by atoms with Crippen molar-refractivity contribution in [2.24, 2.45) is 11.8 Å². The van der Waals surface area contributed by atoms with Crippen LogP contribution in [0.15, 0.2) is 24.5 Å². The largest absolute Gasteiger partial charge is 0.348 e. The first-order chi connectivity index (χ1) is 18.2. The molecule has 1 saturated heterocycles. The Morgan fingerprint density at radius 3 is 2.76 bits per heavy atom. The van der Waals surface area contributed by atoms with Gasteiger partial charge in [-0.25, -0.2) is 14.1 Å². The number of hydrogen-bond donors (Lipinski definition) is 1. The topological polar surface area (TPSA) is 130 Å². The maximum Gasteiger partial charge on any atom is 0.273 e. The molecule has 2 saturated carbocycles. The van der Waals surface area contributed by atoms with E-state index in [9.17, 15) is 14.9 Å². The van der Waals surface area contributed by atoms with E-state index < -0.39 is 11.9 Å². The molecule has 1 aliphatic heterocycles. The van der Waals surface area contributed by atoms with Crippen molar-refractivity contribution in [3.8, 4) is 6.07 Å². The van der Waals surface area contributed by atoms with Gasteiger partial charge in [0.15, 0.2) is 17.3 Å². The zero-order valence-corrected chi connectivity index (χ0v) is 21.3. The van der Waals surface area contributed by atoms with Crippen molar-refractivity contribution >= 4 is 17.6 Å². The van der Waals surface area contributed by atoms with Crippen molar-refractivity contribution in [1.82, 2.24) is 30.3 Å². The molecular weight excluding hydrogens is 487 g/mol. The second kappa shape index (κ2) is 8.97. The second-order valence-electron chi connectivity index (χ2n) is 10.6. The first-order valence-corrected chi connectivity index (χ1v) is 12.8. The normalized spacial score (nSPS) is 24.4. The number of fused-ring (bicyclic) bond motifs is 1. The van der Waals surface area contributed by atoms with Crippen LogP contribution >= 0.6 is 0 Å². The van der Waals surface area contributed by atoms with Gasteiger partial charge in [0.2, 0.25) is 5.91 Å². The molecule has 38 heavy (non-hydrogen) atoms. The fourth-order valence-corrected chi connectivity index (χ4v) is 5.57. The van der Waals surface area contributed by atoms with Gasteiger partial charge in [-0.05, 0) is 63.6 Å². The number of carbonyl (C=O) groups excluding carboxylic acids is 2. The van der Waals surface area contributed by atoms with Crippen molar-refractivity contribution in [2.75, 3.05) is 11.4 Å². The molecule has 3 aromatic heterocycles. The summed E-state index contributed by atoms with van der Waals surface area (Å²) < 4.78 is 16.8. The van der Waals surface area contributed by atoms with Crippen LogP contribution in [0, 0.1) is 42.8 Å². The van der Waals surface area contributed by atoms with E-state index in [0.29, 0.717) is 42.0 Å². The average Bonchev–Trinajstić information content (AvgIpc) is 3.33. The number of nitrogens with zero attached hydrogens (tertiary/aromatic N) is 7. The Morgan fingerprint density at radius 2 is 2.05 bits per heavy atom. The summed E-state index contributed by atoms with van der Waals surface area (Å²) in [5, 5.41) is 20.5. The van der Waals surface area contributed by atoms with Crippen LogP contribution in [0.3, 0.4) is 0 Å². The highest BCUT2D eigenvalue weighted by Crippen LogP contribution is 2.47. The predicted molar refractivity (Wildman–Crippen MR) is 134 cm³/mol. The number of pyridine rings is 2. The van der Waals surface area contributed by atoms with Crippen LogP contribution in [0.2, 0.25) is 0 Å². The van der Waals surface area contributed by atoms with E-state index in [2.05, 4.69) is 31.7 Å². The molecule has 6 rings (SSSR count). The minimum atomic E-state index is -0.510. The second-order valence-corrected chi connectivity index (χ2v) is 10.6. The van der Waals surface area contributed by atoms with Crippen LogP contribution < -0.4 is 10.2 Å². The number of aromatic nitrogens is 5. The Balaban J connectivity index is 1.11. The Labute approximate surface area is 218 Å². The van der Waals surface area contributed by atoms with Gasteiger partial charge < -0.3 is 5.32 Å². The van der Waals surface area contributed by atoms with Gasteiger partial charge in [-0.2, -0.15) is 5.26 Å². The lowest BCUT2D eigenvalue weighted by molar-refractivity contribution is -0.118. The first-order valence-electron chi connectivity index (χ1n) is 12.8. The number of amides is 2. The van der Waals surface area contributed by atoms with Crippen LogP contribution in [-0.4, -0.2) is 49.4 Å². The molecule has 3 aromatic rings. The highest BCUT2D eigenvalue weighted by atomic mass is 19.1. The van der Waals surface area contributed by atoms with Crippen LogP contribution in [-0.2, 0) is 4.79 Å². The summed E-state index contributed by atoms with van der Waals surface area (Å²) in [5.41, 5.74) is 3.36. The van der Waals surface area contributed by atoms with E-state index in [1.54, 1.807) is 19.2 Å². The van der Waals surface area contributed by atoms with E-state index >= 15 is 4.39 Å². The SMILES string of the molecule is Cc1ccc(C#N)c([C@H]2C[C@@H](NC(=O)c3cn([C@@H](C)c4cnc(N5C[C@H]6C[C@H]6C5=O)c(F)c4C)nn3)C2)n1. The number of nitrogens with one attached hydrogen (secondary N) is 1. The molecule has 0 aromatic carbocycles. The van der Waals surface area contributed by atoms with Crippen LogP contribution in [0.25, 0.3) is 0 Å². The lowest BCUT2D eigenvalue weighted by Gasteiger charge is -2.35. The number of hydrogen-bond acceptors (Lipinski definition) is 7. The number of piperidine rings is 1. The zero-order chi connectivity index (χ0) is 26.7. The Morgan fingerprint density at radius 1 is 1.26 bits per heavy atom. The van der Waals surface area contributed by atoms with Gasteiger partial charge in [-0.1, -0.05) is 5.21 Å². The molecule has 3 atom stereocenters. The van der Waals surface area contributed by atoms with Crippen LogP contribution in [0.1, 0.15) is 76.7 Å². The molecule has 3 fully saturated rings. The number of carbonyl (C=O) groups is 2. The summed E-state index contributed by atoms with van der Waals surface area (Å²) >= 11 is 0. The quantitative estimate of drug-likeness (QED) is 0.535. The van der Waals surface area contributed by atoms with E-state index in [1.807, 2.05) is 19.9 Å². The minimum absolute atomic E-state index is 0.0230. The Hall–Kier alpha value is -4.20. The van der Waals surface area contributed by atoms with Gasteiger partial charge in [0.1, 0.15) is 6.07 Å². The van der Waals surface area contributed by atoms with Crippen molar-refractivity contribution in [1.29, 1.82) is 5.26 Å². The third-order valence-corrected chi connectivity index (χ3v) is 8.10. The van der Waals surface area contributed by atoms with Crippen molar-refractivity contribution in [3.63, 3.8) is 0 Å². The number of nitriles is 1. The predicted octanol–water partition coefficient (Wildman–Crippen LogP) is 2.96. The standard InChI is InChI=1S/C27H27FN8O2/c1-13-4-5-16(9-29)24(31-13)17-6-19(7-17)32-26(37)22-12-36(34-33-22)15(3)21-10-30-25(23(28)14(21)2)35-11-18-8-20(18)27(35)38/h4-5,10,12,15,17-20H,6-8,11H2,1-3H3,(H,32,37)/t15-,17-,18+,19+,20+/m0/s1. The molecule has 11 heteroatoms. The third kappa shape index (κ3) is 4.00. The van der Waals surface area contributed by atoms with E-state index in [-0.39, 0.29) is 41.2 Å². The van der Waals surface area contributed by atoms with Crippen molar-refractivity contribution < 1.29 is 14.0 Å². The van der Waals surface area contributed by atoms with Gasteiger partial charge >= 0.3 is 0 Å². The van der Waals surface area contributed by atoms with Crippen molar-refractivity contribution in [2.45, 2.75) is 58.0 Å². The lowest BCUT2D eigenvalue weighted by Crippen LogP contribution is -2.43. The summed E-state index contributed by atoms with van der Waals surface area (Å²) in [6, 6.07) is 5.33. The van der Waals surface area contributed by atoms with Crippen molar-refractivity contribution in [3.05, 3.63) is 64.1 Å². The van der Waals surface area contributed by atoms with E-state index in [0.717, 1.165) is 17.8 Å². The van der Waals surface area contributed by atoms with E-state index in [1.165, 1.54) is 15.8 Å². The molecule has 2 aliphatic carbocycles. The molecule has 194 valence electrons. The molecular formula is C27H27FN8O2. The van der Waals surface area contributed by atoms with E-state index in [4.69, 9.17) is 0 Å². The highest BCUT2D eigenvalue weighted by molar-refractivity contribution is 5.99. The number of anilines is 1. The number of halogens is 1. The third-order valence-electron chi connectivity index (χ3n) is 8.10. The van der Waals surface area contributed by atoms with Crippen LogP contribution in [0.5, 0.6) is 0 Å². The Kier molecular flexibility index (Phi) is 5.70. The fourth-order valence-electron chi connectivity index (χ4n) is 5.57. The molecule has 3 aliphatic rings. The summed E-state index contributed by atoms with van der Waals surface area (Å²) in [6.07, 6.45) is 5.38. The smallest absolute Gasteiger partial charge is 0.273 e. The summed E-state index contributed by atoms with van der Waals surface area (Å²) in [6.45, 7) is 5.90. The van der Waals surface area contributed by atoms with Gasteiger partial charge in [0.25, 0.3) is 5.91 Å². The average molecular weight is 515 g/mol. The zero-order valence-electron chi connectivity index (χ0n) is 21.3. The first kappa shape index (κ1) is 24.2. The highest BCUT2D eigenvalue weighted by Gasteiger charge is 2.53. The lowest BCUT2D eigenvalue weighted by atomic mass is 9.76. The van der Waals surface area contributed by atoms with Gasteiger partial charge in [0, 0.05) is 41.9 Å². The van der Waals surface area contributed by atoms with Gasteiger partial charge in [-0.15, -0.1) is 5.10 Å². The molecule has 1 N–H and O–H groups in total. The van der Waals surface area contributed by atoms with Gasteiger partial charge in [0.05, 0.1) is 23.5 Å². The fraction of sp³-hybridized carbons (Fsp3) is 0.444. The van der Waals surface area contributed by atoms with Gasteiger partial charge in [-0.3, -0.25) is 19.5 Å². The maximum absolute atomic E-state index is 15.3. The minimum Gasteiger partial charge on any atom is -0.348 e. The summed E-state index contributed by atoms with van der Waals surface area (Å²) in [4.78, 5) is 35.5. The molecule has 10 nitrogen and oxygen atoms in total. The number of rotatable bonds is 6. The van der Waals surface area contributed by atoms with Crippen LogP contribution in [0.4, 0.5) is 10.2 Å². The monoisotopic (exact) mass is 514 g/mol. The molecule has 0 unspecified atom stereocenters. The Bertz CT molecular complexity index is 1510. The molecule has 0 spiro atoms. The maximum atomic E-state index is 15.3.